The molecule has 0 bridgehead atoms. The molecular weight excluding hydrogens is 416 g/mol. The Morgan fingerprint density at radius 2 is 2.03 bits per heavy atom. The number of aromatic nitrogens is 4. The van der Waals surface area contributed by atoms with Gasteiger partial charge in [0, 0.05) is 24.4 Å². The average molecular weight is 436 g/mol. The van der Waals surface area contributed by atoms with Crippen molar-refractivity contribution in [3.8, 4) is 17.3 Å². The number of esters is 1. The van der Waals surface area contributed by atoms with E-state index in [1.807, 2.05) is 30.3 Å². The van der Waals surface area contributed by atoms with E-state index in [0.717, 1.165) is 16.7 Å². The summed E-state index contributed by atoms with van der Waals surface area (Å²) in [5, 5.41) is 11.8. The van der Waals surface area contributed by atoms with Gasteiger partial charge >= 0.3 is 11.7 Å². The Labute approximate surface area is 182 Å². The smallest absolute Gasteiger partial charge is 0.332 e. The summed E-state index contributed by atoms with van der Waals surface area (Å²) in [4.78, 5) is 50.6. The van der Waals surface area contributed by atoms with Gasteiger partial charge in [-0.1, -0.05) is 37.3 Å². The topological polar surface area (TPSA) is 133 Å². The molecule has 1 atom stereocenters. The number of carbonyl (C=O) groups excluding carboxylic acids is 2. The van der Waals surface area contributed by atoms with E-state index in [-0.39, 0.29) is 31.0 Å². The number of nitro groups is 1. The standard InChI is InChI=1S/C21H20N6O5/c1-3-21(19(29)32-2)10-9-16(28)26(21)18-15(27(30)31)13-23-20(24-18)25-12-11-22-17(25)14-7-5-4-6-8-14/h4-8,11-13H,3,9-10H2,1-2H3/t21-/m0/s1. The van der Waals surface area contributed by atoms with Crippen LogP contribution < -0.4 is 4.90 Å². The number of amides is 1. The van der Waals surface area contributed by atoms with Crippen LogP contribution in [0.4, 0.5) is 11.5 Å². The highest BCUT2D eigenvalue weighted by Crippen LogP contribution is 2.41. The van der Waals surface area contributed by atoms with Crippen molar-refractivity contribution in [2.45, 2.75) is 31.7 Å². The van der Waals surface area contributed by atoms with Gasteiger partial charge in [0.1, 0.15) is 17.6 Å². The van der Waals surface area contributed by atoms with Gasteiger partial charge in [0.05, 0.1) is 12.0 Å². The third kappa shape index (κ3) is 3.27. The van der Waals surface area contributed by atoms with E-state index in [1.54, 1.807) is 23.9 Å². The Bertz CT molecular complexity index is 1190. The maximum absolute atomic E-state index is 12.8. The average Bonchev–Trinajstić information content (AvgIpc) is 3.44. The molecule has 2 aromatic heterocycles. The van der Waals surface area contributed by atoms with Gasteiger partial charge in [0.15, 0.2) is 0 Å². The van der Waals surface area contributed by atoms with Crippen molar-refractivity contribution in [1.29, 1.82) is 0 Å². The van der Waals surface area contributed by atoms with Gasteiger partial charge < -0.3 is 4.74 Å². The molecule has 11 heteroatoms. The normalized spacial score (nSPS) is 18.1. The first-order chi connectivity index (χ1) is 15.4. The molecular formula is C21H20N6O5. The highest BCUT2D eigenvalue weighted by atomic mass is 16.6. The SMILES string of the molecule is CC[C@@]1(C(=O)OC)CCC(=O)N1c1nc(-n2ccnc2-c2ccccc2)ncc1[N+](=O)[O-]. The van der Waals surface area contributed by atoms with E-state index in [9.17, 15) is 19.7 Å². The van der Waals surface area contributed by atoms with Gasteiger partial charge in [0.25, 0.3) is 0 Å². The van der Waals surface area contributed by atoms with Crippen LogP contribution in [0.15, 0.2) is 48.9 Å². The largest absolute Gasteiger partial charge is 0.467 e. The van der Waals surface area contributed by atoms with Crippen molar-refractivity contribution in [2.24, 2.45) is 0 Å². The maximum Gasteiger partial charge on any atom is 0.332 e. The van der Waals surface area contributed by atoms with Crippen LogP contribution in [0.2, 0.25) is 0 Å². The van der Waals surface area contributed by atoms with Gasteiger partial charge in [0.2, 0.25) is 17.7 Å². The quantitative estimate of drug-likeness (QED) is 0.327. The molecule has 164 valence electrons. The fourth-order valence-electron chi connectivity index (χ4n) is 3.99. The van der Waals surface area contributed by atoms with Crippen LogP contribution in [0.3, 0.4) is 0 Å². The minimum Gasteiger partial charge on any atom is -0.467 e. The summed E-state index contributed by atoms with van der Waals surface area (Å²) >= 11 is 0. The molecule has 0 saturated carbocycles. The minimum atomic E-state index is -1.38. The molecule has 1 aliphatic heterocycles. The zero-order valence-electron chi connectivity index (χ0n) is 17.5. The predicted octanol–water partition coefficient (Wildman–Crippen LogP) is 2.69. The summed E-state index contributed by atoms with van der Waals surface area (Å²) < 4.78 is 6.51. The number of anilines is 1. The Hall–Kier alpha value is -4.15. The zero-order chi connectivity index (χ0) is 22.9. The summed E-state index contributed by atoms with van der Waals surface area (Å²) in [5.74, 6) is -0.737. The van der Waals surface area contributed by atoms with Crippen molar-refractivity contribution >= 4 is 23.4 Å². The Morgan fingerprint density at radius 3 is 2.69 bits per heavy atom. The summed E-state index contributed by atoms with van der Waals surface area (Å²) in [5.41, 5.74) is -1.07. The van der Waals surface area contributed by atoms with Crippen molar-refractivity contribution in [1.82, 2.24) is 19.5 Å². The van der Waals surface area contributed by atoms with Gasteiger partial charge in [-0.15, -0.1) is 0 Å². The van der Waals surface area contributed by atoms with E-state index in [0.29, 0.717) is 5.82 Å². The van der Waals surface area contributed by atoms with Crippen LogP contribution in [-0.4, -0.2) is 49.0 Å². The van der Waals surface area contributed by atoms with E-state index in [1.165, 1.54) is 7.11 Å². The summed E-state index contributed by atoms with van der Waals surface area (Å²) in [6, 6.07) is 9.28. The minimum absolute atomic E-state index is 0.0414. The molecule has 3 heterocycles. The number of methoxy groups -OCH3 is 1. The highest BCUT2D eigenvalue weighted by molar-refractivity contribution is 6.06. The van der Waals surface area contributed by atoms with Gasteiger partial charge in [-0.3, -0.25) is 24.4 Å². The second-order valence-electron chi connectivity index (χ2n) is 7.23. The lowest BCUT2D eigenvalue weighted by Gasteiger charge is -2.33. The molecule has 4 rings (SSSR count). The lowest BCUT2D eigenvalue weighted by molar-refractivity contribution is -0.384. The Kier molecular flexibility index (Phi) is 5.39. The fourth-order valence-corrected chi connectivity index (χ4v) is 3.99. The second-order valence-corrected chi connectivity index (χ2v) is 7.23. The van der Waals surface area contributed by atoms with Crippen molar-refractivity contribution in [3.05, 3.63) is 59.0 Å². The van der Waals surface area contributed by atoms with Gasteiger partial charge in [-0.25, -0.2) is 14.8 Å². The summed E-state index contributed by atoms with van der Waals surface area (Å²) in [6.07, 6.45) is 4.63. The number of rotatable bonds is 6. The van der Waals surface area contributed by atoms with Gasteiger partial charge in [-0.05, 0) is 12.8 Å². The molecule has 3 aromatic rings. The fraction of sp³-hybridized carbons (Fsp3) is 0.286. The van der Waals surface area contributed by atoms with Crippen LogP contribution >= 0.6 is 0 Å². The molecule has 0 N–H and O–H groups in total. The van der Waals surface area contributed by atoms with E-state index < -0.39 is 28.0 Å². The van der Waals surface area contributed by atoms with Gasteiger partial charge in [-0.2, -0.15) is 4.98 Å². The molecule has 0 spiro atoms. The number of imidazole rings is 1. The molecule has 1 fully saturated rings. The number of nitrogens with zero attached hydrogens (tertiary/aromatic N) is 6. The van der Waals surface area contributed by atoms with Crippen LogP contribution in [0, 0.1) is 10.1 Å². The molecule has 1 aliphatic rings. The number of hydrogen-bond acceptors (Lipinski definition) is 8. The lowest BCUT2D eigenvalue weighted by Crippen LogP contribution is -2.53. The first kappa shape index (κ1) is 21.1. The molecule has 32 heavy (non-hydrogen) atoms. The van der Waals surface area contributed by atoms with Crippen molar-refractivity contribution < 1.29 is 19.2 Å². The highest BCUT2D eigenvalue weighted by Gasteiger charge is 2.54. The lowest BCUT2D eigenvalue weighted by atomic mass is 9.93. The third-order valence-electron chi connectivity index (χ3n) is 5.61. The third-order valence-corrected chi connectivity index (χ3v) is 5.61. The first-order valence-corrected chi connectivity index (χ1v) is 9.95. The predicted molar refractivity (Wildman–Crippen MR) is 113 cm³/mol. The maximum atomic E-state index is 12.8. The molecule has 1 aromatic carbocycles. The molecule has 1 amide bonds. The Balaban J connectivity index is 1.90. The van der Waals surface area contributed by atoms with Crippen LogP contribution in [-0.2, 0) is 14.3 Å². The summed E-state index contributed by atoms with van der Waals surface area (Å²) in [6.45, 7) is 1.72. The number of hydrogen-bond donors (Lipinski definition) is 0. The second kappa shape index (κ2) is 8.17. The monoisotopic (exact) mass is 436 g/mol. The van der Waals surface area contributed by atoms with Crippen molar-refractivity contribution in [3.63, 3.8) is 0 Å². The Morgan fingerprint density at radius 1 is 1.28 bits per heavy atom. The molecule has 0 aliphatic carbocycles. The molecule has 11 nitrogen and oxygen atoms in total. The first-order valence-electron chi connectivity index (χ1n) is 9.95. The van der Waals surface area contributed by atoms with Crippen LogP contribution in [0.5, 0.6) is 0 Å². The van der Waals surface area contributed by atoms with Crippen molar-refractivity contribution in [2.75, 3.05) is 12.0 Å². The molecule has 0 radical (unpaired) electrons. The zero-order valence-corrected chi connectivity index (χ0v) is 17.5. The summed E-state index contributed by atoms with van der Waals surface area (Å²) in [7, 11) is 1.22. The van der Waals surface area contributed by atoms with Crippen LogP contribution in [0.1, 0.15) is 26.2 Å². The molecule has 1 saturated heterocycles. The number of benzene rings is 1. The van der Waals surface area contributed by atoms with E-state index in [4.69, 9.17) is 4.74 Å². The van der Waals surface area contributed by atoms with E-state index >= 15 is 0 Å². The number of ether oxygens (including phenoxy) is 1. The van der Waals surface area contributed by atoms with E-state index in [2.05, 4.69) is 15.0 Å². The molecule has 0 unspecified atom stereocenters. The number of carbonyl (C=O) groups is 2. The van der Waals surface area contributed by atoms with Crippen LogP contribution in [0.25, 0.3) is 17.3 Å².